The van der Waals surface area contributed by atoms with Gasteiger partial charge in [0.2, 0.25) is 0 Å². The molecule has 0 saturated heterocycles. The third kappa shape index (κ3) is 1.50. The molecule has 3 N–H and O–H groups in total. The van der Waals surface area contributed by atoms with Crippen molar-refractivity contribution in [2.45, 2.75) is 12.5 Å². The molecule has 51 valence electrons. The zero-order valence-corrected chi connectivity index (χ0v) is 5.05. The lowest BCUT2D eigenvalue weighted by molar-refractivity contribution is -0.145. The lowest BCUT2D eigenvalue weighted by Crippen LogP contribution is -2.51. The van der Waals surface area contributed by atoms with E-state index in [0.717, 1.165) is 6.92 Å². The van der Waals surface area contributed by atoms with E-state index in [4.69, 9.17) is 10.8 Å². The first-order valence-electron chi connectivity index (χ1n) is 2.27. The van der Waals surface area contributed by atoms with E-state index in [1.807, 2.05) is 0 Å². The van der Waals surface area contributed by atoms with Crippen LogP contribution in [-0.4, -0.2) is 22.4 Å². The van der Waals surface area contributed by atoms with Gasteiger partial charge in [-0.2, -0.15) is 0 Å². The van der Waals surface area contributed by atoms with Crippen molar-refractivity contribution < 1.29 is 14.7 Å². The molecule has 1 atom stereocenters. The standard InChI is InChI=1S/C5H8NO3/c1-3(7)5(2,6)4(8)9/h2,6H2,1H3,(H,8,9). The molecule has 4 heteroatoms. The Labute approximate surface area is 52.7 Å². The predicted molar refractivity (Wildman–Crippen MR) is 30.6 cm³/mol. The summed E-state index contributed by atoms with van der Waals surface area (Å²) in [6, 6.07) is 0. The van der Waals surface area contributed by atoms with Crippen molar-refractivity contribution in [1.29, 1.82) is 0 Å². The Kier molecular flexibility index (Phi) is 1.93. The minimum absolute atomic E-state index is 0.657. The van der Waals surface area contributed by atoms with Crippen LogP contribution < -0.4 is 5.73 Å². The topological polar surface area (TPSA) is 80.4 Å². The van der Waals surface area contributed by atoms with Crippen molar-refractivity contribution in [2.75, 3.05) is 0 Å². The monoisotopic (exact) mass is 130 g/mol. The second-order valence-electron chi connectivity index (χ2n) is 1.83. The number of carboxylic acids is 1. The van der Waals surface area contributed by atoms with E-state index >= 15 is 0 Å². The van der Waals surface area contributed by atoms with Crippen molar-refractivity contribution in [2.24, 2.45) is 5.73 Å². The fourth-order valence-electron chi connectivity index (χ4n) is 0.151. The highest BCUT2D eigenvalue weighted by molar-refractivity contribution is 6.07. The van der Waals surface area contributed by atoms with Gasteiger partial charge in [0.15, 0.2) is 11.3 Å². The van der Waals surface area contributed by atoms with Gasteiger partial charge >= 0.3 is 5.97 Å². The molecule has 1 unspecified atom stereocenters. The number of Topliss-reactive ketones (excluding diaryl/α,β-unsaturated/α-hetero) is 1. The molecule has 0 rings (SSSR count). The van der Waals surface area contributed by atoms with Crippen molar-refractivity contribution in [3.8, 4) is 0 Å². The number of rotatable bonds is 2. The number of carboxylic acid groups (broad SMARTS) is 1. The van der Waals surface area contributed by atoms with Crippen LogP contribution in [0.25, 0.3) is 0 Å². The highest BCUT2D eigenvalue weighted by atomic mass is 16.4. The van der Waals surface area contributed by atoms with Gasteiger partial charge in [0.1, 0.15) is 0 Å². The van der Waals surface area contributed by atoms with Gasteiger partial charge in [-0.1, -0.05) is 0 Å². The summed E-state index contributed by atoms with van der Waals surface area (Å²) in [5.41, 5.74) is 2.97. The van der Waals surface area contributed by atoms with Crippen LogP contribution in [0.5, 0.6) is 0 Å². The average Bonchev–Trinajstić information content (AvgIpc) is 1.65. The molecule has 0 aromatic rings. The van der Waals surface area contributed by atoms with Crippen LogP contribution >= 0.6 is 0 Å². The lowest BCUT2D eigenvalue weighted by atomic mass is 10.00. The zero-order chi connectivity index (χ0) is 7.65. The van der Waals surface area contributed by atoms with Crippen LogP contribution in [0, 0.1) is 6.92 Å². The van der Waals surface area contributed by atoms with Gasteiger partial charge in [-0.3, -0.25) is 4.79 Å². The van der Waals surface area contributed by atoms with E-state index in [1.54, 1.807) is 0 Å². The van der Waals surface area contributed by atoms with Crippen LogP contribution in [0.15, 0.2) is 0 Å². The molecule has 0 aromatic carbocycles. The lowest BCUT2D eigenvalue weighted by Gasteiger charge is -2.13. The second-order valence-corrected chi connectivity index (χ2v) is 1.83. The molecule has 0 bridgehead atoms. The minimum atomic E-state index is -1.97. The molecule has 0 heterocycles. The molecule has 0 spiro atoms. The normalized spacial score (nSPS) is 16.3. The summed E-state index contributed by atoms with van der Waals surface area (Å²) in [4.78, 5) is 20.4. The quantitative estimate of drug-likeness (QED) is 0.479. The first kappa shape index (κ1) is 8.10. The largest absolute Gasteiger partial charge is 0.480 e. The SMILES string of the molecule is [CH2]C(N)(C(C)=O)C(=O)O. The summed E-state index contributed by atoms with van der Waals surface area (Å²) >= 11 is 0. The van der Waals surface area contributed by atoms with E-state index in [2.05, 4.69) is 6.92 Å². The fourth-order valence-corrected chi connectivity index (χ4v) is 0.151. The summed E-state index contributed by atoms with van der Waals surface area (Å²) in [7, 11) is 0. The maximum Gasteiger partial charge on any atom is 0.331 e. The Morgan fingerprint density at radius 1 is 1.67 bits per heavy atom. The van der Waals surface area contributed by atoms with E-state index in [9.17, 15) is 9.59 Å². The van der Waals surface area contributed by atoms with Crippen molar-refractivity contribution in [3.05, 3.63) is 6.92 Å². The van der Waals surface area contributed by atoms with Gasteiger partial charge in [-0.15, -0.1) is 0 Å². The molecular formula is C5H8NO3. The Balaban J connectivity index is 4.38. The minimum Gasteiger partial charge on any atom is -0.480 e. The number of ketones is 1. The first-order valence-corrected chi connectivity index (χ1v) is 2.27. The van der Waals surface area contributed by atoms with Gasteiger partial charge in [0.25, 0.3) is 0 Å². The fraction of sp³-hybridized carbons (Fsp3) is 0.400. The molecule has 0 aromatic heterocycles. The molecule has 0 aliphatic carbocycles. The summed E-state index contributed by atoms with van der Waals surface area (Å²) in [5, 5.41) is 8.20. The Hall–Kier alpha value is -0.900. The zero-order valence-electron chi connectivity index (χ0n) is 5.05. The van der Waals surface area contributed by atoms with Crippen LogP contribution in [0.1, 0.15) is 6.92 Å². The maximum absolute atomic E-state index is 10.3. The summed E-state index contributed by atoms with van der Waals surface area (Å²) in [6.45, 7) is 4.08. The summed E-state index contributed by atoms with van der Waals surface area (Å²) in [5.74, 6) is -2.06. The number of carbonyl (C=O) groups is 2. The summed E-state index contributed by atoms with van der Waals surface area (Å²) in [6.07, 6.45) is 0. The molecule has 0 aliphatic heterocycles. The molecule has 1 radical (unpaired) electrons. The van der Waals surface area contributed by atoms with Gasteiger partial charge in [0.05, 0.1) is 0 Å². The molecule has 0 amide bonds. The second kappa shape index (κ2) is 2.14. The summed E-state index contributed by atoms with van der Waals surface area (Å²) < 4.78 is 0. The molecule has 0 aliphatic rings. The van der Waals surface area contributed by atoms with Gasteiger partial charge in [0, 0.05) is 0 Å². The first-order chi connectivity index (χ1) is 3.89. The Bertz CT molecular complexity index is 134. The van der Waals surface area contributed by atoms with E-state index in [-0.39, 0.29) is 0 Å². The van der Waals surface area contributed by atoms with Crippen molar-refractivity contribution in [1.82, 2.24) is 0 Å². The van der Waals surface area contributed by atoms with Crippen LogP contribution in [0.4, 0.5) is 0 Å². The number of hydrogen-bond donors (Lipinski definition) is 2. The Morgan fingerprint density at radius 3 is 2.00 bits per heavy atom. The average molecular weight is 130 g/mol. The van der Waals surface area contributed by atoms with Crippen LogP contribution in [0.3, 0.4) is 0 Å². The van der Waals surface area contributed by atoms with Gasteiger partial charge in [-0.25, -0.2) is 4.79 Å². The number of nitrogens with two attached hydrogens (primary N) is 1. The third-order valence-electron chi connectivity index (χ3n) is 1.01. The Morgan fingerprint density at radius 2 is 2.00 bits per heavy atom. The number of aliphatic carboxylic acids is 1. The van der Waals surface area contributed by atoms with E-state index < -0.39 is 17.3 Å². The molecule has 4 nitrogen and oxygen atoms in total. The number of carbonyl (C=O) groups excluding carboxylic acids is 1. The van der Waals surface area contributed by atoms with Gasteiger partial charge in [-0.05, 0) is 13.8 Å². The smallest absolute Gasteiger partial charge is 0.331 e. The molecule has 9 heavy (non-hydrogen) atoms. The third-order valence-corrected chi connectivity index (χ3v) is 1.01. The van der Waals surface area contributed by atoms with E-state index in [0.29, 0.717) is 0 Å². The van der Waals surface area contributed by atoms with Crippen molar-refractivity contribution >= 4 is 11.8 Å². The van der Waals surface area contributed by atoms with Crippen LogP contribution in [-0.2, 0) is 9.59 Å². The highest BCUT2D eigenvalue weighted by Crippen LogP contribution is 1.98. The van der Waals surface area contributed by atoms with Crippen molar-refractivity contribution in [3.63, 3.8) is 0 Å². The molecule has 0 fully saturated rings. The molecule has 0 saturated carbocycles. The highest BCUT2D eigenvalue weighted by Gasteiger charge is 2.33. The predicted octanol–water partition coefficient (Wildman–Crippen LogP) is -0.808. The van der Waals surface area contributed by atoms with Gasteiger partial charge < -0.3 is 10.8 Å². The number of hydrogen-bond acceptors (Lipinski definition) is 3. The molecular weight excluding hydrogens is 122 g/mol. The van der Waals surface area contributed by atoms with E-state index in [1.165, 1.54) is 0 Å². The maximum atomic E-state index is 10.3. The van der Waals surface area contributed by atoms with Crippen LogP contribution in [0.2, 0.25) is 0 Å².